The largest absolute Gasteiger partial charge is 0.355 e. The molecule has 0 bridgehead atoms. The molecule has 112 valence electrons. The summed E-state index contributed by atoms with van der Waals surface area (Å²) in [4.78, 5) is 10.7. The van der Waals surface area contributed by atoms with Gasteiger partial charge in [-0.25, -0.2) is 15.8 Å². The van der Waals surface area contributed by atoms with Crippen molar-refractivity contribution in [3.63, 3.8) is 0 Å². The third-order valence-electron chi connectivity index (χ3n) is 3.23. The number of hydrazine groups is 1. The van der Waals surface area contributed by atoms with Crippen molar-refractivity contribution in [2.75, 3.05) is 17.4 Å². The van der Waals surface area contributed by atoms with Crippen LogP contribution in [-0.4, -0.2) is 17.0 Å². The molecule has 0 radical (unpaired) electrons. The van der Waals surface area contributed by atoms with Gasteiger partial charge in [0.15, 0.2) is 0 Å². The van der Waals surface area contributed by atoms with Crippen LogP contribution in [0, 0.1) is 0 Å². The van der Waals surface area contributed by atoms with Gasteiger partial charge in [-0.05, 0) is 24.1 Å². The summed E-state index contributed by atoms with van der Waals surface area (Å²) in [5, 5.41) is 0.738. The Morgan fingerprint density at radius 1 is 1.33 bits per heavy atom. The van der Waals surface area contributed by atoms with Crippen molar-refractivity contribution < 1.29 is 0 Å². The van der Waals surface area contributed by atoms with E-state index in [0.717, 1.165) is 41.4 Å². The smallest absolute Gasteiger partial charge is 0.148 e. The van der Waals surface area contributed by atoms with Crippen LogP contribution in [0.2, 0.25) is 5.02 Å². The van der Waals surface area contributed by atoms with Gasteiger partial charge in [-0.3, -0.25) is 0 Å². The molecule has 0 amide bonds. The minimum absolute atomic E-state index is 0.680. The highest BCUT2D eigenvalue weighted by Crippen LogP contribution is 2.25. The highest BCUT2D eigenvalue weighted by Gasteiger charge is 2.14. The Kier molecular flexibility index (Phi) is 5.36. The third kappa shape index (κ3) is 3.83. The second-order valence-corrected chi connectivity index (χ2v) is 5.34. The molecule has 0 saturated carbocycles. The third-order valence-corrected chi connectivity index (χ3v) is 3.46. The highest BCUT2D eigenvalue weighted by molar-refractivity contribution is 6.30. The molecule has 6 heteroatoms. The first-order valence-corrected chi connectivity index (χ1v) is 7.29. The number of hydrogen-bond donors (Lipinski definition) is 2. The number of nitrogens with two attached hydrogens (primary N) is 1. The molecule has 0 aliphatic heterocycles. The highest BCUT2D eigenvalue weighted by atomic mass is 35.5. The van der Waals surface area contributed by atoms with Gasteiger partial charge >= 0.3 is 0 Å². The van der Waals surface area contributed by atoms with Crippen molar-refractivity contribution in [1.82, 2.24) is 9.97 Å². The van der Waals surface area contributed by atoms with E-state index in [1.165, 1.54) is 6.33 Å². The molecule has 0 atom stereocenters. The fraction of sp³-hybridized carbons (Fsp3) is 0.333. The molecule has 1 aromatic carbocycles. The van der Waals surface area contributed by atoms with E-state index in [1.807, 2.05) is 31.3 Å². The van der Waals surface area contributed by atoms with Crippen LogP contribution in [0.25, 0.3) is 0 Å². The van der Waals surface area contributed by atoms with Crippen LogP contribution in [0.15, 0.2) is 30.6 Å². The summed E-state index contributed by atoms with van der Waals surface area (Å²) < 4.78 is 0. The summed E-state index contributed by atoms with van der Waals surface area (Å²) in [7, 11) is 2.00. The maximum atomic E-state index is 6.03. The second-order valence-electron chi connectivity index (χ2n) is 4.90. The van der Waals surface area contributed by atoms with Crippen molar-refractivity contribution in [2.24, 2.45) is 5.84 Å². The minimum atomic E-state index is 0.680. The maximum absolute atomic E-state index is 6.03. The Bertz CT molecular complexity index is 602. The van der Waals surface area contributed by atoms with Crippen LogP contribution in [0.3, 0.4) is 0 Å². The molecule has 0 saturated heterocycles. The van der Waals surface area contributed by atoms with E-state index in [9.17, 15) is 0 Å². The monoisotopic (exact) mass is 305 g/mol. The molecule has 0 unspecified atom stereocenters. The fourth-order valence-corrected chi connectivity index (χ4v) is 2.53. The molecule has 0 spiro atoms. The maximum Gasteiger partial charge on any atom is 0.148 e. The first-order chi connectivity index (χ1) is 10.2. The SMILES string of the molecule is CCCc1c(NN)ncnc1N(C)Cc1cccc(Cl)c1. The summed E-state index contributed by atoms with van der Waals surface area (Å²) in [6.45, 7) is 2.84. The quantitative estimate of drug-likeness (QED) is 0.634. The molecule has 0 aliphatic rings. The number of hydrogen-bond acceptors (Lipinski definition) is 5. The lowest BCUT2D eigenvalue weighted by Gasteiger charge is -2.22. The van der Waals surface area contributed by atoms with E-state index in [1.54, 1.807) is 0 Å². The Balaban J connectivity index is 2.28. The zero-order valence-electron chi connectivity index (χ0n) is 12.3. The topological polar surface area (TPSA) is 67.1 Å². The van der Waals surface area contributed by atoms with Crippen molar-refractivity contribution in [2.45, 2.75) is 26.3 Å². The van der Waals surface area contributed by atoms with Gasteiger partial charge in [-0.2, -0.15) is 0 Å². The molecule has 2 rings (SSSR count). The normalized spacial score (nSPS) is 10.5. The molecule has 5 nitrogen and oxygen atoms in total. The molecular weight excluding hydrogens is 286 g/mol. The Labute approximate surface area is 130 Å². The predicted molar refractivity (Wildman–Crippen MR) is 87.4 cm³/mol. The number of halogens is 1. The standard InChI is InChI=1S/C15H20ClN5/c1-3-5-13-14(20-17)18-10-19-15(13)21(2)9-11-6-4-7-12(16)8-11/h4,6-8,10H,3,5,9,17H2,1-2H3,(H,18,19,20). The molecular formula is C15H20ClN5. The number of anilines is 2. The molecule has 3 N–H and O–H groups in total. The fourth-order valence-electron chi connectivity index (χ4n) is 2.32. The average Bonchev–Trinajstić information content (AvgIpc) is 2.47. The predicted octanol–water partition coefficient (Wildman–Crippen LogP) is 3.00. The minimum Gasteiger partial charge on any atom is -0.355 e. The summed E-state index contributed by atoms with van der Waals surface area (Å²) in [5.41, 5.74) is 4.82. The zero-order chi connectivity index (χ0) is 15.2. The molecule has 0 aliphatic carbocycles. The zero-order valence-corrected chi connectivity index (χ0v) is 13.1. The Morgan fingerprint density at radius 3 is 2.81 bits per heavy atom. The second kappa shape index (κ2) is 7.24. The molecule has 1 aromatic heterocycles. The van der Waals surface area contributed by atoms with Gasteiger partial charge in [0.1, 0.15) is 18.0 Å². The van der Waals surface area contributed by atoms with Gasteiger partial charge in [0.25, 0.3) is 0 Å². The summed E-state index contributed by atoms with van der Waals surface area (Å²) >= 11 is 6.03. The van der Waals surface area contributed by atoms with E-state index in [0.29, 0.717) is 5.82 Å². The van der Waals surface area contributed by atoms with E-state index < -0.39 is 0 Å². The van der Waals surface area contributed by atoms with E-state index in [2.05, 4.69) is 27.2 Å². The lowest BCUT2D eigenvalue weighted by atomic mass is 10.1. The van der Waals surface area contributed by atoms with E-state index >= 15 is 0 Å². The molecule has 2 aromatic rings. The first kappa shape index (κ1) is 15.5. The first-order valence-electron chi connectivity index (χ1n) is 6.91. The van der Waals surface area contributed by atoms with Crippen LogP contribution in [-0.2, 0) is 13.0 Å². The van der Waals surface area contributed by atoms with Crippen molar-refractivity contribution in [3.8, 4) is 0 Å². The van der Waals surface area contributed by atoms with Crippen LogP contribution in [0.4, 0.5) is 11.6 Å². The van der Waals surface area contributed by atoms with Gasteiger partial charge in [0.05, 0.1) is 0 Å². The number of aromatic nitrogens is 2. The Morgan fingerprint density at radius 2 is 2.14 bits per heavy atom. The van der Waals surface area contributed by atoms with E-state index in [-0.39, 0.29) is 0 Å². The van der Waals surface area contributed by atoms with Gasteiger partial charge in [0, 0.05) is 24.2 Å². The average molecular weight is 306 g/mol. The van der Waals surface area contributed by atoms with Crippen LogP contribution in [0.1, 0.15) is 24.5 Å². The number of rotatable bonds is 6. The van der Waals surface area contributed by atoms with Gasteiger partial charge in [-0.1, -0.05) is 37.1 Å². The van der Waals surface area contributed by atoms with Gasteiger partial charge in [-0.15, -0.1) is 0 Å². The molecule has 0 fully saturated rings. The van der Waals surface area contributed by atoms with Crippen molar-refractivity contribution in [3.05, 3.63) is 46.7 Å². The number of nitrogens with zero attached hydrogens (tertiary/aromatic N) is 3. The van der Waals surface area contributed by atoms with Crippen LogP contribution in [0.5, 0.6) is 0 Å². The van der Waals surface area contributed by atoms with Gasteiger partial charge < -0.3 is 10.3 Å². The molecule has 1 heterocycles. The lowest BCUT2D eigenvalue weighted by Crippen LogP contribution is -2.21. The van der Waals surface area contributed by atoms with Crippen LogP contribution < -0.4 is 16.2 Å². The van der Waals surface area contributed by atoms with E-state index in [4.69, 9.17) is 17.4 Å². The van der Waals surface area contributed by atoms with Gasteiger partial charge in [0.2, 0.25) is 0 Å². The lowest BCUT2D eigenvalue weighted by molar-refractivity contribution is 0.843. The summed E-state index contributed by atoms with van der Waals surface area (Å²) in [5.74, 6) is 7.12. The molecule has 21 heavy (non-hydrogen) atoms. The Hall–Kier alpha value is -1.85. The number of nitrogen functional groups attached to an aromatic ring is 1. The van der Waals surface area contributed by atoms with Crippen molar-refractivity contribution in [1.29, 1.82) is 0 Å². The van der Waals surface area contributed by atoms with Crippen LogP contribution >= 0.6 is 11.6 Å². The van der Waals surface area contributed by atoms with Crippen molar-refractivity contribution >= 4 is 23.2 Å². The summed E-state index contributed by atoms with van der Waals surface area (Å²) in [6, 6.07) is 7.83. The summed E-state index contributed by atoms with van der Waals surface area (Å²) in [6.07, 6.45) is 3.40. The number of benzene rings is 1. The number of nitrogens with one attached hydrogen (secondary N) is 1.